The summed E-state index contributed by atoms with van der Waals surface area (Å²) >= 11 is 5.33. The van der Waals surface area contributed by atoms with E-state index in [-0.39, 0.29) is 48.0 Å². The minimum absolute atomic E-state index is 0.0155. The molecule has 1 aliphatic carbocycles. The first-order valence-corrected chi connectivity index (χ1v) is 15.7. The number of H-pyrrole nitrogens is 1. The van der Waals surface area contributed by atoms with Crippen molar-refractivity contribution in [2.45, 2.75) is 61.0 Å². The van der Waals surface area contributed by atoms with Gasteiger partial charge in [-0.15, -0.1) is 0 Å². The molecular weight excluding hydrogens is 598 g/mol. The van der Waals surface area contributed by atoms with Crippen molar-refractivity contribution in [3.8, 4) is 0 Å². The van der Waals surface area contributed by atoms with Gasteiger partial charge in [0.2, 0.25) is 5.95 Å². The number of nitrogen functional groups attached to an aromatic ring is 2. The Labute approximate surface area is 238 Å². The smallest absolute Gasteiger partial charge is 0.325 e. The van der Waals surface area contributed by atoms with E-state index in [0.717, 1.165) is 0 Å². The summed E-state index contributed by atoms with van der Waals surface area (Å²) in [5, 5.41) is 0. The maximum Gasteiger partial charge on any atom is 0.325 e. The van der Waals surface area contributed by atoms with Gasteiger partial charge in [-0.05, 0) is 24.6 Å². The highest BCUT2D eigenvalue weighted by Crippen LogP contribution is 2.79. The molecule has 3 unspecified atom stereocenters. The van der Waals surface area contributed by atoms with Gasteiger partial charge >= 0.3 is 6.72 Å². The molecule has 42 heavy (non-hydrogen) atoms. The van der Waals surface area contributed by atoms with Crippen LogP contribution in [0.5, 0.6) is 0 Å². The number of aromatic nitrogens is 8. The highest BCUT2D eigenvalue weighted by atomic mass is 32.5. The molecule has 4 aromatic heterocycles. The molecule has 220 valence electrons. The summed E-state index contributed by atoms with van der Waals surface area (Å²) < 4.78 is 49.8. The average molecular weight is 621 g/mol. The molecule has 0 aromatic carbocycles. The fraction of sp³-hybridized carbons (Fsp3) is 0.545. The lowest BCUT2D eigenvalue weighted by molar-refractivity contribution is -0.261. The van der Waals surface area contributed by atoms with Gasteiger partial charge in [-0.25, -0.2) is 24.3 Å². The number of imidazole rings is 2. The number of nitrogens with zero attached hydrogens (tertiary/aromatic N) is 7. The van der Waals surface area contributed by atoms with E-state index in [1.54, 1.807) is 10.9 Å². The number of anilines is 2. The van der Waals surface area contributed by atoms with Gasteiger partial charge in [0, 0.05) is 0 Å². The molecule has 20 heteroatoms. The molecule has 5 fully saturated rings. The number of hydrogen-bond acceptors (Lipinski definition) is 14. The number of nitrogens with one attached hydrogen (secondary N) is 1. The monoisotopic (exact) mass is 620 g/mol. The Morgan fingerprint density at radius 3 is 2.69 bits per heavy atom. The third kappa shape index (κ3) is 3.09. The molecule has 9 rings (SSSR count). The minimum atomic E-state index is -4.05. The lowest BCUT2D eigenvalue weighted by atomic mass is 9.95. The Balaban J connectivity index is 1.04. The fourth-order valence-corrected chi connectivity index (χ4v) is 8.65. The van der Waals surface area contributed by atoms with Crippen LogP contribution in [0.25, 0.3) is 22.3 Å². The molecule has 1 saturated carbocycles. The zero-order valence-corrected chi connectivity index (χ0v) is 23.0. The van der Waals surface area contributed by atoms with Gasteiger partial charge in [0.1, 0.15) is 35.3 Å². The molecule has 4 saturated heterocycles. The van der Waals surface area contributed by atoms with Crippen LogP contribution in [-0.4, -0.2) is 86.2 Å². The first kappa shape index (κ1) is 25.3. The number of hydrogen-bond donors (Lipinski definition) is 4. The van der Waals surface area contributed by atoms with Gasteiger partial charge in [-0.3, -0.25) is 23.4 Å². The van der Waals surface area contributed by atoms with Gasteiger partial charge < -0.3 is 35.1 Å². The van der Waals surface area contributed by atoms with Crippen LogP contribution in [0.15, 0.2) is 23.8 Å². The van der Waals surface area contributed by atoms with Crippen molar-refractivity contribution in [1.29, 1.82) is 0 Å². The normalized spacial score (nSPS) is 42.2. The largest absolute Gasteiger partial charge is 0.382 e. The van der Waals surface area contributed by atoms with Crippen molar-refractivity contribution in [3.63, 3.8) is 0 Å². The zero-order chi connectivity index (χ0) is 28.8. The van der Waals surface area contributed by atoms with E-state index in [1.165, 1.54) is 17.2 Å². The molecule has 10 atom stereocenters. The van der Waals surface area contributed by atoms with E-state index in [2.05, 4.69) is 29.9 Å². The molecule has 2 spiro atoms. The van der Waals surface area contributed by atoms with Crippen LogP contribution in [0.2, 0.25) is 0 Å². The van der Waals surface area contributed by atoms with Crippen LogP contribution < -0.4 is 17.0 Å². The third-order valence-corrected chi connectivity index (χ3v) is 10.6. The second kappa shape index (κ2) is 8.06. The van der Waals surface area contributed by atoms with Gasteiger partial charge in [-0.2, -0.15) is 4.98 Å². The summed E-state index contributed by atoms with van der Waals surface area (Å²) in [6.07, 6.45) is -1.37. The van der Waals surface area contributed by atoms with E-state index < -0.39 is 54.3 Å². The van der Waals surface area contributed by atoms with Gasteiger partial charge in [0.05, 0.1) is 31.3 Å². The third-order valence-electron chi connectivity index (χ3n) is 9.07. The Hall–Kier alpha value is -3.16. The molecule has 4 aromatic rings. The van der Waals surface area contributed by atoms with Crippen LogP contribution in [0.4, 0.5) is 16.2 Å². The lowest BCUT2D eigenvalue weighted by Crippen LogP contribution is -2.51. The second-order valence-corrected chi connectivity index (χ2v) is 13.9. The first-order chi connectivity index (χ1) is 20.1. The van der Waals surface area contributed by atoms with Crippen molar-refractivity contribution in [2.75, 3.05) is 18.1 Å². The molecule has 6 N–H and O–H groups in total. The predicted octanol–water partition coefficient (Wildman–Crippen LogP) is -0.193. The number of nitrogens with two attached hydrogens (primary N) is 2. The predicted molar refractivity (Wildman–Crippen MR) is 142 cm³/mol. The number of fused-ring (bicyclic) bond motifs is 4. The molecule has 0 amide bonds. The Morgan fingerprint density at radius 2 is 1.86 bits per heavy atom. The topological polar surface area (TPSA) is 226 Å². The van der Waals surface area contributed by atoms with Crippen LogP contribution in [0.3, 0.4) is 0 Å². The van der Waals surface area contributed by atoms with E-state index in [9.17, 15) is 9.69 Å². The SMILES string of the molecule is Nc1nc2c(ncn2[C@@H]2O[C@@H]3CCC45O[C@@H]6[C@H]4C5(COP(O)(=S)O[C@@H]2[C@H]3F)O[C@H]6n2cnc3c(N)ncnc32)c(=O)[nH]1. The van der Waals surface area contributed by atoms with Crippen molar-refractivity contribution in [2.24, 2.45) is 5.92 Å². The van der Waals surface area contributed by atoms with Crippen LogP contribution in [0.1, 0.15) is 25.3 Å². The molecule has 5 aliphatic rings. The summed E-state index contributed by atoms with van der Waals surface area (Å²) in [7, 11) is 0. The molecule has 4 aliphatic heterocycles. The summed E-state index contributed by atoms with van der Waals surface area (Å²) in [4.78, 5) is 46.6. The molecule has 8 heterocycles. The van der Waals surface area contributed by atoms with Crippen molar-refractivity contribution < 1.29 is 32.5 Å². The van der Waals surface area contributed by atoms with Crippen molar-refractivity contribution >= 4 is 52.6 Å². The van der Waals surface area contributed by atoms with Crippen LogP contribution in [0, 0.1) is 5.92 Å². The number of alkyl halides is 1. The van der Waals surface area contributed by atoms with E-state index in [1.807, 2.05) is 0 Å². The molecule has 17 nitrogen and oxygen atoms in total. The fourth-order valence-electron chi connectivity index (χ4n) is 7.25. The van der Waals surface area contributed by atoms with Gasteiger partial charge in [0.25, 0.3) is 5.56 Å². The first-order valence-electron chi connectivity index (χ1n) is 13.1. The highest BCUT2D eigenvalue weighted by molar-refractivity contribution is 8.07. The van der Waals surface area contributed by atoms with E-state index in [4.69, 9.17) is 46.5 Å². The number of aromatic amines is 1. The van der Waals surface area contributed by atoms with Gasteiger partial charge in [0.15, 0.2) is 41.3 Å². The number of ether oxygens (including phenoxy) is 3. The van der Waals surface area contributed by atoms with Crippen molar-refractivity contribution in [3.05, 3.63) is 29.3 Å². The number of rotatable bonds is 2. The molecular formula is C22H22FN10O7PS. The second-order valence-electron chi connectivity index (χ2n) is 11.1. The van der Waals surface area contributed by atoms with Gasteiger partial charge in [-0.1, -0.05) is 0 Å². The quantitative estimate of drug-likeness (QED) is 0.213. The average Bonchev–Trinajstić information content (AvgIpc) is 3.53. The van der Waals surface area contributed by atoms with Crippen LogP contribution >= 0.6 is 6.72 Å². The maximum absolute atomic E-state index is 16.0. The summed E-state index contributed by atoms with van der Waals surface area (Å²) in [5.41, 5.74) is 10.4. The highest BCUT2D eigenvalue weighted by Gasteiger charge is 2.94. The van der Waals surface area contributed by atoms with Crippen LogP contribution in [-0.2, 0) is 35.1 Å². The Kier molecular flexibility index (Phi) is 4.86. The summed E-state index contributed by atoms with van der Waals surface area (Å²) in [6.45, 7) is -4.19. The Bertz CT molecular complexity index is 1920. The van der Waals surface area contributed by atoms with Crippen molar-refractivity contribution in [1.82, 2.24) is 39.0 Å². The maximum atomic E-state index is 16.0. The standard InChI is InChI=1S/C22H22FN10O7PS/c23-8-7-1-2-21-13-12(38-21)19(32-5-28-9-14(24)26-4-27-15(9)32)39-22(13,21)3-36-41(35,42)40-11(8)18(37-7)33-6-29-10-16(33)30-20(25)31-17(10)34/h4-8,11-13,18-19H,1-3H2,(H,35,42)(H2,24,26,27)(H3,25,30,31,34)/t7-,8+,11-,12-,13-,18-,19-,21?,22?,41?/m1/s1. The minimum Gasteiger partial charge on any atom is -0.382 e. The summed E-state index contributed by atoms with van der Waals surface area (Å²) in [6, 6.07) is 0. The molecule has 2 bridgehead atoms. The number of halogens is 1. The van der Waals surface area contributed by atoms with E-state index in [0.29, 0.717) is 17.6 Å². The summed E-state index contributed by atoms with van der Waals surface area (Å²) in [5.74, 6) is -0.0323. The Morgan fingerprint density at radius 1 is 1.07 bits per heavy atom. The lowest BCUT2D eigenvalue weighted by Gasteiger charge is -2.43. The van der Waals surface area contributed by atoms with E-state index >= 15 is 4.39 Å². The molecule has 0 radical (unpaired) electrons. The zero-order valence-electron chi connectivity index (χ0n) is 21.3.